The number of hydrogen-bond donors (Lipinski definition) is 0. The van der Waals surface area contributed by atoms with Crippen molar-refractivity contribution in [2.45, 2.75) is 45.0 Å². The quantitative estimate of drug-likeness (QED) is 0.630. The highest BCUT2D eigenvalue weighted by Crippen LogP contribution is 2.42. The van der Waals surface area contributed by atoms with Gasteiger partial charge in [-0.25, -0.2) is 0 Å². The average Bonchev–Trinajstić information content (AvgIpc) is 2.87. The van der Waals surface area contributed by atoms with Gasteiger partial charge in [0, 0.05) is 6.42 Å². The highest BCUT2D eigenvalue weighted by molar-refractivity contribution is 6.22. The summed E-state index contributed by atoms with van der Waals surface area (Å²) in [5, 5.41) is 0. The summed E-state index contributed by atoms with van der Waals surface area (Å²) in [7, 11) is 1.67. The second-order valence-corrected chi connectivity index (χ2v) is 8.88. The first-order valence-corrected chi connectivity index (χ1v) is 11.7. The van der Waals surface area contributed by atoms with Crippen LogP contribution in [0.3, 0.4) is 0 Å². The Balaban J connectivity index is 1.29. The van der Waals surface area contributed by atoms with Crippen LogP contribution in [0.2, 0.25) is 0 Å². The molecule has 3 aliphatic rings. The lowest BCUT2D eigenvalue weighted by Gasteiger charge is -2.42. The van der Waals surface area contributed by atoms with Gasteiger partial charge in [0.1, 0.15) is 25.1 Å². The molecular formula is C27H30O6. The van der Waals surface area contributed by atoms with Crippen LogP contribution in [0.5, 0.6) is 17.2 Å². The molecule has 33 heavy (non-hydrogen) atoms. The summed E-state index contributed by atoms with van der Waals surface area (Å²) >= 11 is 0. The average molecular weight is 451 g/mol. The first-order chi connectivity index (χ1) is 16.2. The number of ketones is 1. The number of benzene rings is 2. The summed E-state index contributed by atoms with van der Waals surface area (Å²) in [5.74, 6) is 2.52. The number of fused-ring (bicyclic) bond motifs is 2. The zero-order chi connectivity index (χ0) is 22.8. The molecule has 5 rings (SSSR count). The van der Waals surface area contributed by atoms with E-state index in [4.69, 9.17) is 23.7 Å². The van der Waals surface area contributed by atoms with Crippen molar-refractivity contribution in [1.82, 2.24) is 0 Å². The Morgan fingerprint density at radius 3 is 2.70 bits per heavy atom. The molecule has 0 saturated heterocycles. The smallest absolute Gasteiger partial charge is 0.173 e. The molecule has 2 aromatic rings. The Labute approximate surface area is 194 Å². The molecule has 0 aromatic heterocycles. The van der Waals surface area contributed by atoms with Gasteiger partial charge in [-0.1, -0.05) is 31.5 Å². The molecule has 1 aliphatic carbocycles. The van der Waals surface area contributed by atoms with Crippen LogP contribution in [-0.4, -0.2) is 38.3 Å². The molecule has 1 fully saturated rings. The second kappa shape index (κ2) is 9.48. The zero-order valence-corrected chi connectivity index (χ0v) is 19.1. The number of carbonyl (C=O) groups excluding carboxylic acids is 1. The summed E-state index contributed by atoms with van der Waals surface area (Å²) in [6, 6.07) is 13.6. The van der Waals surface area contributed by atoms with E-state index in [1.807, 2.05) is 42.5 Å². The predicted octanol–water partition coefficient (Wildman–Crippen LogP) is 4.80. The molecule has 4 unspecified atom stereocenters. The van der Waals surface area contributed by atoms with Gasteiger partial charge in [0.05, 0.1) is 37.6 Å². The monoisotopic (exact) mass is 450 g/mol. The number of methoxy groups -OCH3 is 1. The molecule has 0 amide bonds. The normalized spacial score (nSPS) is 26.1. The third-order valence-electron chi connectivity index (χ3n) is 6.93. The van der Waals surface area contributed by atoms with E-state index >= 15 is 0 Å². The Morgan fingerprint density at radius 2 is 1.88 bits per heavy atom. The first kappa shape index (κ1) is 21.8. The molecule has 0 radical (unpaired) electrons. The molecule has 6 heteroatoms. The van der Waals surface area contributed by atoms with E-state index in [9.17, 15) is 4.79 Å². The van der Waals surface area contributed by atoms with Crippen molar-refractivity contribution in [3.8, 4) is 17.2 Å². The van der Waals surface area contributed by atoms with Gasteiger partial charge in [0.2, 0.25) is 0 Å². The van der Waals surface area contributed by atoms with Crippen molar-refractivity contribution in [3.05, 3.63) is 59.9 Å². The lowest BCUT2D eigenvalue weighted by molar-refractivity contribution is -0.133. The molecule has 0 N–H and O–H groups in total. The van der Waals surface area contributed by atoms with Crippen molar-refractivity contribution < 1.29 is 28.5 Å². The Bertz CT molecular complexity index is 1040. The molecule has 1 saturated carbocycles. The van der Waals surface area contributed by atoms with Gasteiger partial charge in [-0.3, -0.25) is 4.79 Å². The van der Waals surface area contributed by atoms with Crippen molar-refractivity contribution in [1.29, 1.82) is 0 Å². The van der Waals surface area contributed by atoms with Crippen molar-refractivity contribution in [3.63, 3.8) is 0 Å². The minimum atomic E-state index is -0.156. The molecule has 4 atom stereocenters. The van der Waals surface area contributed by atoms with Crippen LogP contribution in [0, 0.1) is 11.8 Å². The van der Waals surface area contributed by atoms with Crippen LogP contribution in [-0.2, 0) is 20.9 Å². The third kappa shape index (κ3) is 4.44. The number of ether oxygens (including phenoxy) is 5. The maximum absolute atomic E-state index is 13.5. The van der Waals surface area contributed by atoms with E-state index in [1.54, 1.807) is 13.4 Å². The van der Waals surface area contributed by atoms with E-state index in [2.05, 4.69) is 6.92 Å². The Kier molecular flexibility index (Phi) is 6.27. The van der Waals surface area contributed by atoms with Crippen LogP contribution in [0.1, 0.15) is 37.3 Å². The van der Waals surface area contributed by atoms with E-state index in [0.29, 0.717) is 49.2 Å². The van der Waals surface area contributed by atoms with E-state index in [1.165, 1.54) is 0 Å². The molecular weight excluding hydrogens is 420 g/mol. The fraction of sp³-hybridized carbons (Fsp3) is 0.444. The highest BCUT2D eigenvalue weighted by Gasteiger charge is 2.44. The molecule has 2 heterocycles. The molecule has 2 aliphatic heterocycles. The van der Waals surface area contributed by atoms with Crippen LogP contribution < -0.4 is 14.2 Å². The van der Waals surface area contributed by atoms with E-state index in [0.717, 1.165) is 29.7 Å². The Morgan fingerprint density at radius 1 is 1.03 bits per heavy atom. The summed E-state index contributed by atoms with van der Waals surface area (Å²) < 4.78 is 29.1. The fourth-order valence-electron chi connectivity index (χ4n) is 5.08. The van der Waals surface area contributed by atoms with Gasteiger partial charge in [-0.15, -0.1) is 0 Å². The van der Waals surface area contributed by atoms with Gasteiger partial charge >= 0.3 is 0 Å². The minimum Gasteiger partial charge on any atom is -0.497 e. The molecule has 174 valence electrons. The molecule has 6 nitrogen and oxygen atoms in total. The maximum Gasteiger partial charge on any atom is 0.173 e. The van der Waals surface area contributed by atoms with E-state index in [-0.39, 0.29) is 23.9 Å². The van der Waals surface area contributed by atoms with Crippen molar-refractivity contribution in [2.24, 2.45) is 11.8 Å². The van der Waals surface area contributed by atoms with E-state index < -0.39 is 0 Å². The van der Waals surface area contributed by atoms with Gasteiger partial charge in [0.15, 0.2) is 17.3 Å². The first-order valence-electron chi connectivity index (χ1n) is 11.7. The fourth-order valence-corrected chi connectivity index (χ4v) is 5.08. The molecule has 0 bridgehead atoms. The number of rotatable bonds is 6. The van der Waals surface area contributed by atoms with Gasteiger partial charge in [0.25, 0.3) is 0 Å². The van der Waals surface area contributed by atoms with Crippen LogP contribution in [0.25, 0.3) is 5.57 Å². The predicted molar refractivity (Wildman–Crippen MR) is 123 cm³/mol. The lowest BCUT2D eigenvalue weighted by Crippen LogP contribution is -2.45. The lowest BCUT2D eigenvalue weighted by atomic mass is 9.72. The zero-order valence-electron chi connectivity index (χ0n) is 19.1. The molecule has 0 spiro atoms. The topological polar surface area (TPSA) is 63.2 Å². The number of allylic oxidation sites excluding steroid dienone is 1. The van der Waals surface area contributed by atoms with Crippen molar-refractivity contribution in [2.75, 3.05) is 20.3 Å². The third-order valence-corrected chi connectivity index (χ3v) is 6.93. The van der Waals surface area contributed by atoms with Gasteiger partial charge < -0.3 is 23.7 Å². The Hall–Kier alpha value is -2.99. The number of hydrogen-bond acceptors (Lipinski definition) is 6. The van der Waals surface area contributed by atoms with Crippen molar-refractivity contribution >= 4 is 11.4 Å². The summed E-state index contributed by atoms with van der Waals surface area (Å²) in [4.78, 5) is 13.5. The largest absolute Gasteiger partial charge is 0.497 e. The maximum atomic E-state index is 13.5. The molecule has 2 aromatic carbocycles. The highest BCUT2D eigenvalue weighted by atomic mass is 16.6. The standard InChI is InChI=1S/C27H30O6/c1-3-18-12-21-25(14-24(18)32-15-17-5-4-6-20(11-17)29-2)33-16-22(27(21)28)19-7-8-23-26(13-19)31-10-9-30-23/h4-8,11,13,16,18,21,24-25H,3,9-10,12,14-15H2,1-2H3. The van der Waals surface area contributed by atoms with Crippen LogP contribution in [0.4, 0.5) is 0 Å². The van der Waals surface area contributed by atoms with Crippen LogP contribution in [0.15, 0.2) is 48.7 Å². The summed E-state index contributed by atoms with van der Waals surface area (Å²) in [6.45, 7) is 3.74. The van der Waals surface area contributed by atoms with Crippen LogP contribution >= 0.6 is 0 Å². The van der Waals surface area contributed by atoms with Gasteiger partial charge in [-0.05, 0) is 47.7 Å². The number of Topliss-reactive ketones (excluding diaryl/α,β-unsaturated/α-hetero) is 1. The second-order valence-electron chi connectivity index (χ2n) is 8.88. The minimum absolute atomic E-state index is 0.0551. The number of carbonyl (C=O) groups is 1. The summed E-state index contributed by atoms with van der Waals surface area (Å²) in [5.41, 5.74) is 2.50. The van der Waals surface area contributed by atoms with Gasteiger partial charge in [-0.2, -0.15) is 0 Å². The SMILES string of the molecule is CCC1CC2C(=O)C(c3ccc4c(c3)OCCO4)=COC2CC1OCc1cccc(OC)c1. The summed E-state index contributed by atoms with van der Waals surface area (Å²) in [6.07, 6.45) is 3.97.